The van der Waals surface area contributed by atoms with Crippen molar-refractivity contribution in [3.05, 3.63) is 88.4 Å². The second-order valence-corrected chi connectivity index (χ2v) is 11.1. The molecule has 0 amide bonds. The summed E-state index contributed by atoms with van der Waals surface area (Å²) in [5.41, 5.74) is 12.3. The van der Waals surface area contributed by atoms with Crippen LogP contribution >= 0.6 is 11.6 Å². The fraction of sp³-hybridized carbons (Fsp3) is 0.300. The van der Waals surface area contributed by atoms with Crippen molar-refractivity contribution in [3.8, 4) is 12.1 Å². The fourth-order valence-electron chi connectivity index (χ4n) is 4.42. The smallest absolute Gasteiger partial charge is 0.103 e. The zero-order chi connectivity index (χ0) is 28.2. The van der Waals surface area contributed by atoms with E-state index in [9.17, 15) is 10.5 Å². The fourth-order valence-corrected chi connectivity index (χ4v) is 4.68. The molecule has 0 bridgehead atoms. The van der Waals surface area contributed by atoms with Crippen LogP contribution in [0.2, 0.25) is 5.02 Å². The van der Waals surface area contributed by atoms with Crippen molar-refractivity contribution in [2.75, 3.05) is 23.7 Å². The zero-order valence-corrected chi connectivity index (χ0v) is 23.4. The van der Waals surface area contributed by atoms with Crippen LogP contribution in [0.15, 0.2) is 61.1 Å². The molecule has 0 fully saturated rings. The molecule has 4 rings (SSSR count). The minimum absolute atomic E-state index is 0.00143. The van der Waals surface area contributed by atoms with E-state index in [1.165, 1.54) is 0 Å². The quantitative estimate of drug-likeness (QED) is 0.234. The van der Waals surface area contributed by atoms with Crippen molar-refractivity contribution >= 4 is 33.9 Å². The first-order valence-electron chi connectivity index (χ1n) is 12.8. The number of pyridine rings is 1. The molecule has 2 heterocycles. The third-order valence-electron chi connectivity index (χ3n) is 6.48. The largest absolute Gasteiger partial charge is 0.383 e. The van der Waals surface area contributed by atoms with E-state index < -0.39 is 0 Å². The Hall–Kier alpha value is -4.24. The van der Waals surface area contributed by atoms with Crippen molar-refractivity contribution in [1.82, 2.24) is 21.0 Å². The van der Waals surface area contributed by atoms with Crippen LogP contribution in [-0.2, 0) is 0 Å². The first kappa shape index (κ1) is 27.8. The molecule has 0 saturated heterocycles. The summed E-state index contributed by atoms with van der Waals surface area (Å²) < 4.78 is 0. The summed E-state index contributed by atoms with van der Waals surface area (Å²) in [5, 5.41) is 29.8. The maximum Gasteiger partial charge on any atom is 0.103 e. The highest BCUT2D eigenvalue weighted by molar-refractivity contribution is 6.35. The lowest BCUT2D eigenvalue weighted by Gasteiger charge is -2.24. The van der Waals surface area contributed by atoms with Gasteiger partial charge in [-0.3, -0.25) is 9.99 Å². The van der Waals surface area contributed by atoms with Gasteiger partial charge in [0.15, 0.2) is 0 Å². The van der Waals surface area contributed by atoms with Gasteiger partial charge in [-0.15, -0.1) is 12.1 Å². The van der Waals surface area contributed by atoms with Crippen LogP contribution < -0.4 is 21.6 Å². The van der Waals surface area contributed by atoms with Gasteiger partial charge in [0, 0.05) is 36.6 Å². The minimum Gasteiger partial charge on any atom is -0.383 e. The molecule has 3 aromatic rings. The highest BCUT2D eigenvalue weighted by Crippen LogP contribution is 2.37. The molecule has 0 saturated carbocycles. The summed E-state index contributed by atoms with van der Waals surface area (Å²) in [7, 11) is 0. The standard InChI is InChI=1S/C30H33ClN8/c1-6-7-11-39-17-26(37-38-39)29(23-10-8-9-20(14-32)19(23)2)36-22-12-24-27(35-18-30(3,4)5)21(15-33)16-34-28(24)25(31)13-22/h6,8-10,12-13,16-17,29,36-38H,1,7,11,18H2,2-5H3,(H,34,35)/t29-/m0/s1. The number of nitrogens with one attached hydrogen (secondary N) is 4. The molecule has 4 N–H and O–H groups in total. The van der Waals surface area contributed by atoms with Crippen molar-refractivity contribution in [2.24, 2.45) is 5.41 Å². The number of aromatic nitrogens is 1. The Morgan fingerprint density at radius 3 is 2.67 bits per heavy atom. The maximum absolute atomic E-state index is 9.81. The van der Waals surface area contributed by atoms with Crippen molar-refractivity contribution in [3.63, 3.8) is 0 Å². The number of rotatable bonds is 9. The molecular formula is C30H33ClN8. The molecule has 1 atom stereocenters. The van der Waals surface area contributed by atoms with Crippen LogP contribution in [0.4, 0.5) is 11.4 Å². The molecular weight excluding hydrogens is 508 g/mol. The summed E-state index contributed by atoms with van der Waals surface area (Å²) in [5.74, 6) is 0. The van der Waals surface area contributed by atoms with E-state index in [4.69, 9.17) is 11.6 Å². The van der Waals surface area contributed by atoms with Gasteiger partial charge in [-0.2, -0.15) is 10.5 Å². The van der Waals surface area contributed by atoms with Gasteiger partial charge in [0.2, 0.25) is 0 Å². The molecule has 0 unspecified atom stereocenters. The van der Waals surface area contributed by atoms with E-state index in [-0.39, 0.29) is 11.5 Å². The maximum atomic E-state index is 9.81. The van der Waals surface area contributed by atoms with Gasteiger partial charge in [0.1, 0.15) is 6.07 Å². The topological polar surface area (TPSA) is 112 Å². The van der Waals surface area contributed by atoms with E-state index in [0.29, 0.717) is 33.9 Å². The summed E-state index contributed by atoms with van der Waals surface area (Å²) in [6.45, 7) is 13.6. The van der Waals surface area contributed by atoms with Gasteiger partial charge in [0.05, 0.1) is 45.2 Å². The molecule has 8 nitrogen and oxygen atoms in total. The molecule has 1 aliphatic rings. The monoisotopic (exact) mass is 540 g/mol. The molecule has 39 heavy (non-hydrogen) atoms. The number of nitriles is 2. The molecule has 9 heteroatoms. The number of hydrogen-bond donors (Lipinski definition) is 4. The molecule has 200 valence electrons. The van der Waals surface area contributed by atoms with Gasteiger partial charge in [-0.1, -0.05) is 50.6 Å². The van der Waals surface area contributed by atoms with Crippen molar-refractivity contribution in [2.45, 2.75) is 40.2 Å². The molecule has 1 aromatic heterocycles. The summed E-state index contributed by atoms with van der Waals surface area (Å²) in [6, 6.07) is 13.7. The van der Waals surface area contributed by atoms with Gasteiger partial charge >= 0.3 is 0 Å². The number of anilines is 2. The highest BCUT2D eigenvalue weighted by atomic mass is 35.5. The highest BCUT2D eigenvalue weighted by Gasteiger charge is 2.25. The van der Waals surface area contributed by atoms with Crippen LogP contribution in [-0.4, -0.2) is 23.1 Å². The van der Waals surface area contributed by atoms with E-state index in [0.717, 1.165) is 40.9 Å². The molecule has 0 radical (unpaired) electrons. The Kier molecular flexibility index (Phi) is 8.30. The third kappa shape index (κ3) is 6.26. The van der Waals surface area contributed by atoms with Crippen LogP contribution in [0.3, 0.4) is 0 Å². The second-order valence-electron chi connectivity index (χ2n) is 10.7. The molecule has 2 aromatic carbocycles. The van der Waals surface area contributed by atoms with E-state index in [2.05, 4.69) is 66.1 Å². The molecule has 0 aliphatic carbocycles. The SMILES string of the molecule is C=CCCN1C=C([C@@H](Nc2cc(Cl)c3ncc(C#N)c(NCC(C)(C)C)c3c2)c2cccc(C#N)c2C)NN1. The van der Waals surface area contributed by atoms with Crippen LogP contribution in [0.5, 0.6) is 0 Å². The number of halogens is 1. The first-order chi connectivity index (χ1) is 18.6. The molecule has 1 aliphatic heterocycles. The van der Waals surface area contributed by atoms with Gasteiger partial charge in [-0.05, 0) is 48.1 Å². The lowest BCUT2D eigenvalue weighted by atomic mass is 9.95. The Morgan fingerprint density at radius 2 is 1.97 bits per heavy atom. The minimum atomic E-state index is -0.328. The van der Waals surface area contributed by atoms with Gasteiger partial charge in [0.25, 0.3) is 0 Å². The predicted octanol–water partition coefficient (Wildman–Crippen LogP) is 6.29. The lowest BCUT2D eigenvalue weighted by molar-refractivity contribution is 0.275. The predicted molar refractivity (Wildman–Crippen MR) is 158 cm³/mol. The number of nitrogens with zero attached hydrogens (tertiary/aromatic N) is 4. The lowest BCUT2D eigenvalue weighted by Crippen LogP contribution is -2.38. The Bertz CT molecular complexity index is 1510. The van der Waals surface area contributed by atoms with Crippen LogP contribution in [0.25, 0.3) is 10.9 Å². The molecule has 0 spiro atoms. The van der Waals surface area contributed by atoms with Crippen LogP contribution in [0, 0.1) is 35.0 Å². The Balaban J connectivity index is 1.81. The van der Waals surface area contributed by atoms with Gasteiger partial charge < -0.3 is 16.1 Å². The number of hydrazine groups is 2. The summed E-state index contributed by atoms with van der Waals surface area (Å²) in [6.07, 6.45) is 6.25. The van der Waals surface area contributed by atoms with E-state index in [1.807, 2.05) is 54.5 Å². The van der Waals surface area contributed by atoms with Gasteiger partial charge in [-0.25, -0.2) is 0 Å². The number of fused-ring (bicyclic) bond motifs is 1. The zero-order valence-electron chi connectivity index (χ0n) is 22.7. The van der Waals surface area contributed by atoms with Crippen molar-refractivity contribution in [1.29, 1.82) is 10.5 Å². The summed E-state index contributed by atoms with van der Waals surface area (Å²) in [4.78, 5) is 4.48. The Labute approximate surface area is 234 Å². The summed E-state index contributed by atoms with van der Waals surface area (Å²) >= 11 is 6.75. The van der Waals surface area contributed by atoms with Crippen LogP contribution in [0.1, 0.15) is 55.5 Å². The number of benzene rings is 2. The normalized spacial score (nSPS) is 13.7. The van der Waals surface area contributed by atoms with Crippen molar-refractivity contribution < 1.29 is 0 Å². The Morgan fingerprint density at radius 1 is 1.21 bits per heavy atom. The van der Waals surface area contributed by atoms with E-state index in [1.54, 1.807) is 6.20 Å². The average Bonchev–Trinajstić information content (AvgIpc) is 3.37. The third-order valence-corrected chi connectivity index (χ3v) is 6.77. The second kappa shape index (κ2) is 11.7. The average molecular weight is 541 g/mol. The first-order valence-corrected chi connectivity index (χ1v) is 13.2. The van der Waals surface area contributed by atoms with E-state index >= 15 is 0 Å². The number of hydrogen-bond acceptors (Lipinski definition) is 8.